The molecule has 1 N–H and O–H groups in total. The van der Waals surface area contributed by atoms with Crippen LogP contribution in [0.1, 0.15) is 32.6 Å². The number of alkyl halides is 1. The Bertz CT molecular complexity index is 120. The lowest BCUT2D eigenvalue weighted by atomic mass is 10.2. The number of amides is 1. The third kappa shape index (κ3) is 8.10. The van der Waals surface area contributed by atoms with Crippen molar-refractivity contribution in [2.45, 2.75) is 32.6 Å². The minimum absolute atomic E-state index is 0.305. The molecule has 0 radical (unpaired) electrons. The van der Waals surface area contributed by atoms with Gasteiger partial charge in [0.05, 0.1) is 0 Å². The average molecular weight is 285 g/mol. The van der Waals surface area contributed by atoms with Crippen molar-refractivity contribution < 1.29 is 9.53 Å². The van der Waals surface area contributed by atoms with E-state index < -0.39 is 0 Å². The third-order valence-electron chi connectivity index (χ3n) is 1.49. The predicted molar refractivity (Wildman–Crippen MR) is 57.5 cm³/mol. The largest absolute Gasteiger partial charge is 0.439 e. The van der Waals surface area contributed by atoms with E-state index in [0.717, 1.165) is 13.0 Å². The van der Waals surface area contributed by atoms with E-state index in [1.807, 2.05) is 22.6 Å². The zero-order valence-corrected chi connectivity index (χ0v) is 9.59. The summed E-state index contributed by atoms with van der Waals surface area (Å²) < 4.78 is 5.10. The van der Waals surface area contributed by atoms with Gasteiger partial charge in [-0.1, -0.05) is 26.2 Å². The molecule has 4 heteroatoms. The van der Waals surface area contributed by atoms with Crippen molar-refractivity contribution >= 4 is 28.7 Å². The number of hydrogen-bond acceptors (Lipinski definition) is 2. The highest BCUT2D eigenvalue weighted by Crippen LogP contribution is 1.97. The maximum Gasteiger partial charge on any atom is 0.407 e. The third-order valence-corrected chi connectivity index (χ3v) is 1.80. The van der Waals surface area contributed by atoms with Crippen molar-refractivity contribution in [3.8, 4) is 0 Å². The van der Waals surface area contributed by atoms with E-state index in [9.17, 15) is 4.79 Å². The first-order chi connectivity index (χ1) is 5.81. The summed E-state index contributed by atoms with van der Waals surface area (Å²) in [6.07, 6.45) is 4.38. The zero-order valence-electron chi connectivity index (χ0n) is 7.44. The SMILES string of the molecule is CCCCCCNC(=O)OCI. The summed E-state index contributed by atoms with van der Waals surface area (Å²) in [6, 6.07) is 0. The Balaban J connectivity index is 3.03. The number of ether oxygens (including phenoxy) is 1. The van der Waals surface area contributed by atoms with Gasteiger partial charge in [0.2, 0.25) is 0 Å². The van der Waals surface area contributed by atoms with E-state index in [-0.39, 0.29) is 6.09 Å². The molecular formula is C8H16INO2. The molecule has 0 spiro atoms. The Hall–Kier alpha value is 0. The van der Waals surface area contributed by atoms with Crippen molar-refractivity contribution in [1.29, 1.82) is 0 Å². The summed E-state index contributed by atoms with van der Waals surface area (Å²) in [4.78, 5) is 10.7. The Labute approximate surface area is 87.4 Å². The molecule has 12 heavy (non-hydrogen) atoms. The number of rotatable bonds is 6. The molecule has 0 rings (SSSR count). The van der Waals surface area contributed by atoms with Gasteiger partial charge in [-0.15, -0.1) is 0 Å². The summed E-state index contributed by atoms with van der Waals surface area (Å²) in [5.74, 6) is 0. The van der Waals surface area contributed by atoms with E-state index in [4.69, 9.17) is 0 Å². The predicted octanol–water partition coefficient (Wildman–Crippen LogP) is 2.69. The maximum absolute atomic E-state index is 10.7. The maximum atomic E-state index is 10.7. The monoisotopic (exact) mass is 285 g/mol. The first-order valence-electron chi connectivity index (χ1n) is 4.27. The van der Waals surface area contributed by atoms with Crippen LogP contribution in [0.15, 0.2) is 0 Å². The van der Waals surface area contributed by atoms with E-state index in [1.165, 1.54) is 19.3 Å². The van der Waals surface area contributed by atoms with E-state index in [0.29, 0.717) is 4.61 Å². The molecule has 0 aromatic carbocycles. The van der Waals surface area contributed by atoms with Crippen LogP contribution < -0.4 is 5.32 Å². The molecular weight excluding hydrogens is 269 g/mol. The van der Waals surface area contributed by atoms with Gasteiger partial charge in [0.1, 0.15) is 4.61 Å². The van der Waals surface area contributed by atoms with Gasteiger partial charge in [-0.3, -0.25) is 0 Å². The molecule has 1 amide bonds. The lowest BCUT2D eigenvalue weighted by molar-refractivity contribution is 0.168. The number of unbranched alkanes of at least 4 members (excludes halogenated alkanes) is 3. The lowest BCUT2D eigenvalue weighted by Crippen LogP contribution is -2.24. The standard InChI is InChI=1S/C8H16INO2/c1-2-3-4-5-6-10-8(11)12-7-9/h2-7H2,1H3,(H,10,11). The number of nitrogens with one attached hydrogen (secondary N) is 1. The summed E-state index contributed by atoms with van der Waals surface area (Å²) in [5, 5.41) is 2.68. The highest BCUT2D eigenvalue weighted by Gasteiger charge is 1.97. The number of halogens is 1. The van der Waals surface area contributed by atoms with Crippen LogP contribution in [0.5, 0.6) is 0 Å². The van der Waals surface area contributed by atoms with Crippen LogP contribution in [0.25, 0.3) is 0 Å². The summed E-state index contributed by atoms with van der Waals surface area (Å²) in [6.45, 7) is 2.90. The normalized spacial score (nSPS) is 9.50. The van der Waals surface area contributed by atoms with Gasteiger partial charge in [0, 0.05) is 6.54 Å². The highest BCUT2D eigenvalue weighted by molar-refractivity contribution is 14.1. The van der Waals surface area contributed by atoms with Crippen LogP contribution in [0.2, 0.25) is 0 Å². The molecule has 0 aromatic rings. The fourth-order valence-electron chi connectivity index (χ4n) is 0.843. The second-order valence-electron chi connectivity index (χ2n) is 2.53. The number of carbonyl (C=O) groups excluding carboxylic acids is 1. The molecule has 0 aliphatic rings. The summed E-state index contributed by atoms with van der Waals surface area (Å²) >= 11 is 1.99. The molecule has 0 bridgehead atoms. The van der Waals surface area contributed by atoms with Crippen LogP contribution in [-0.2, 0) is 4.74 Å². The van der Waals surface area contributed by atoms with Gasteiger partial charge in [-0.25, -0.2) is 4.79 Å². The van der Waals surface area contributed by atoms with E-state index >= 15 is 0 Å². The van der Waals surface area contributed by atoms with Crippen LogP contribution >= 0.6 is 22.6 Å². The first kappa shape index (κ1) is 12.0. The Morgan fingerprint density at radius 3 is 2.75 bits per heavy atom. The molecule has 3 nitrogen and oxygen atoms in total. The molecule has 0 atom stereocenters. The molecule has 0 heterocycles. The van der Waals surface area contributed by atoms with Gasteiger partial charge in [-0.05, 0) is 29.0 Å². The molecule has 0 aromatic heterocycles. The number of alkyl carbamates (subject to hydrolysis) is 1. The molecule has 0 saturated carbocycles. The number of hydrogen-bond donors (Lipinski definition) is 1. The smallest absolute Gasteiger partial charge is 0.407 e. The van der Waals surface area contributed by atoms with Gasteiger partial charge in [0.15, 0.2) is 0 Å². The van der Waals surface area contributed by atoms with Crippen molar-refractivity contribution in [2.75, 3.05) is 11.2 Å². The topological polar surface area (TPSA) is 38.3 Å². The molecule has 0 fully saturated rings. The fourth-order valence-corrected chi connectivity index (χ4v) is 1.13. The quantitative estimate of drug-likeness (QED) is 0.463. The average Bonchev–Trinajstić information content (AvgIpc) is 2.05. The Morgan fingerprint density at radius 2 is 2.17 bits per heavy atom. The van der Waals surface area contributed by atoms with Gasteiger partial charge in [0.25, 0.3) is 0 Å². The van der Waals surface area contributed by atoms with Gasteiger partial charge < -0.3 is 10.1 Å². The second kappa shape index (κ2) is 9.09. The lowest BCUT2D eigenvalue weighted by Gasteiger charge is -2.03. The van der Waals surface area contributed by atoms with Crippen molar-refractivity contribution in [3.05, 3.63) is 0 Å². The molecule has 0 aliphatic heterocycles. The van der Waals surface area contributed by atoms with Crippen LogP contribution in [-0.4, -0.2) is 17.3 Å². The van der Waals surface area contributed by atoms with Gasteiger partial charge >= 0.3 is 6.09 Å². The minimum atomic E-state index is -0.305. The van der Waals surface area contributed by atoms with Crippen molar-refractivity contribution in [1.82, 2.24) is 5.32 Å². The summed E-state index contributed by atoms with van der Waals surface area (Å²) in [7, 11) is 0. The highest BCUT2D eigenvalue weighted by atomic mass is 127. The summed E-state index contributed by atoms with van der Waals surface area (Å²) in [5.41, 5.74) is 0. The fraction of sp³-hybridized carbons (Fsp3) is 0.875. The van der Waals surface area contributed by atoms with Crippen LogP contribution in [0, 0.1) is 0 Å². The zero-order chi connectivity index (χ0) is 9.23. The molecule has 0 aliphatic carbocycles. The van der Waals surface area contributed by atoms with E-state index in [2.05, 4.69) is 17.0 Å². The Kier molecular flexibility index (Phi) is 9.09. The second-order valence-corrected chi connectivity index (χ2v) is 3.15. The molecule has 0 saturated heterocycles. The van der Waals surface area contributed by atoms with Crippen molar-refractivity contribution in [3.63, 3.8) is 0 Å². The Morgan fingerprint density at radius 1 is 1.42 bits per heavy atom. The first-order valence-corrected chi connectivity index (χ1v) is 5.80. The van der Waals surface area contributed by atoms with Crippen LogP contribution in [0.4, 0.5) is 4.79 Å². The molecule has 72 valence electrons. The minimum Gasteiger partial charge on any atom is -0.439 e. The van der Waals surface area contributed by atoms with E-state index in [1.54, 1.807) is 0 Å². The number of carbonyl (C=O) groups is 1. The molecule has 0 unspecified atom stereocenters. The van der Waals surface area contributed by atoms with Gasteiger partial charge in [-0.2, -0.15) is 0 Å². The van der Waals surface area contributed by atoms with Crippen molar-refractivity contribution in [2.24, 2.45) is 0 Å². The van der Waals surface area contributed by atoms with Crippen LogP contribution in [0.3, 0.4) is 0 Å².